The Morgan fingerprint density at radius 2 is 1.44 bits per heavy atom. The van der Waals surface area contributed by atoms with E-state index in [2.05, 4.69) is 117 Å². The Bertz CT molecular complexity index is 1160. The van der Waals surface area contributed by atoms with Gasteiger partial charge >= 0.3 is 0 Å². The third-order valence-corrected chi connectivity index (χ3v) is 7.01. The van der Waals surface area contributed by atoms with Crippen molar-refractivity contribution in [1.82, 2.24) is 14.4 Å². The molecule has 0 unspecified atom stereocenters. The first-order chi connectivity index (χ1) is 16.8. The fourth-order valence-corrected chi connectivity index (χ4v) is 5.15. The van der Waals surface area contributed by atoms with Crippen LogP contribution in [0.2, 0.25) is 0 Å². The van der Waals surface area contributed by atoms with Crippen molar-refractivity contribution in [2.45, 2.75) is 19.5 Å². The van der Waals surface area contributed by atoms with E-state index in [0.717, 1.165) is 45.8 Å². The minimum absolute atomic E-state index is 0.917. The molecule has 0 amide bonds. The van der Waals surface area contributed by atoms with Gasteiger partial charge in [-0.15, -0.1) is 0 Å². The molecule has 1 fully saturated rings. The van der Waals surface area contributed by atoms with Gasteiger partial charge in [-0.3, -0.25) is 4.90 Å². The zero-order chi connectivity index (χ0) is 23.2. The highest BCUT2D eigenvalue weighted by molar-refractivity contribution is 5.93. The van der Waals surface area contributed by atoms with Gasteiger partial charge in [0.05, 0.1) is 5.52 Å². The van der Waals surface area contributed by atoms with E-state index in [0.29, 0.717) is 0 Å². The molecule has 0 N–H and O–H groups in total. The summed E-state index contributed by atoms with van der Waals surface area (Å²) in [5, 5.41) is 1.37. The molecule has 4 heteroatoms. The smallest absolute Gasteiger partial charge is 0.0504 e. The van der Waals surface area contributed by atoms with Crippen molar-refractivity contribution in [1.29, 1.82) is 0 Å². The van der Waals surface area contributed by atoms with Crippen molar-refractivity contribution in [2.24, 2.45) is 0 Å². The number of fused-ring (bicyclic) bond motifs is 1. The lowest BCUT2D eigenvalue weighted by molar-refractivity contribution is 0.232. The average molecular weight is 453 g/mol. The highest BCUT2D eigenvalue weighted by atomic mass is 15.3. The summed E-state index contributed by atoms with van der Waals surface area (Å²) in [7, 11) is 2.23. The molecule has 3 aromatic carbocycles. The van der Waals surface area contributed by atoms with Crippen molar-refractivity contribution < 1.29 is 0 Å². The first kappa shape index (κ1) is 22.7. The van der Waals surface area contributed by atoms with Crippen LogP contribution in [0.1, 0.15) is 17.5 Å². The second-order valence-corrected chi connectivity index (χ2v) is 9.54. The minimum atomic E-state index is 0.917. The molecule has 34 heavy (non-hydrogen) atoms. The van der Waals surface area contributed by atoms with Crippen molar-refractivity contribution in [3.8, 4) is 0 Å². The summed E-state index contributed by atoms with van der Waals surface area (Å²) >= 11 is 0. The number of piperazine rings is 1. The van der Waals surface area contributed by atoms with E-state index in [9.17, 15) is 0 Å². The Morgan fingerprint density at radius 3 is 2.18 bits per heavy atom. The van der Waals surface area contributed by atoms with E-state index in [1.54, 1.807) is 0 Å². The molecule has 176 valence electrons. The molecule has 4 nitrogen and oxygen atoms in total. The second-order valence-electron chi connectivity index (χ2n) is 9.54. The van der Waals surface area contributed by atoms with Gasteiger partial charge in [0.1, 0.15) is 0 Å². The Kier molecular flexibility index (Phi) is 7.28. The van der Waals surface area contributed by atoms with Crippen molar-refractivity contribution in [3.05, 3.63) is 102 Å². The Hall–Kier alpha value is -3.08. The molecule has 0 radical (unpaired) electrons. The fourth-order valence-electron chi connectivity index (χ4n) is 5.15. The summed E-state index contributed by atoms with van der Waals surface area (Å²) in [4.78, 5) is 7.65. The predicted molar refractivity (Wildman–Crippen MR) is 144 cm³/mol. The summed E-state index contributed by atoms with van der Waals surface area (Å²) in [5.41, 5.74) is 5.44. The average Bonchev–Trinajstić information content (AvgIpc) is 3.29. The zero-order valence-electron chi connectivity index (χ0n) is 20.3. The van der Waals surface area contributed by atoms with Crippen LogP contribution in [0.25, 0.3) is 10.9 Å². The van der Waals surface area contributed by atoms with Crippen molar-refractivity contribution >= 4 is 16.6 Å². The quantitative estimate of drug-likeness (QED) is 0.341. The SMILES string of the molecule is CN(CCCN1CCN(c2cccc3c2ccn3Cc2ccccc2)CC1)Cc1ccccc1. The Labute approximate surface area is 204 Å². The largest absolute Gasteiger partial charge is 0.368 e. The predicted octanol–water partition coefficient (Wildman–Crippen LogP) is 5.33. The van der Waals surface area contributed by atoms with Crippen LogP contribution in [-0.2, 0) is 13.1 Å². The summed E-state index contributed by atoms with van der Waals surface area (Å²) < 4.78 is 2.37. The highest BCUT2D eigenvalue weighted by Gasteiger charge is 2.19. The van der Waals surface area contributed by atoms with Gasteiger partial charge in [0.25, 0.3) is 0 Å². The first-order valence-electron chi connectivity index (χ1n) is 12.6. The molecule has 1 aliphatic heterocycles. The van der Waals surface area contributed by atoms with Gasteiger partial charge < -0.3 is 14.4 Å². The maximum Gasteiger partial charge on any atom is 0.0504 e. The number of aromatic nitrogens is 1. The van der Waals surface area contributed by atoms with Crippen LogP contribution in [0.3, 0.4) is 0 Å². The third-order valence-electron chi connectivity index (χ3n) is 7.01. The number of anilines is 1. The van der Waals surface area contributed by atoms with Gasteiger partial charge in [-0.1, -0.05) is 66.7 Å². The lowest BCUT2D eigenvalue weighted by atomic mass is 10.1. The van der Waals surface area contributed by atoms with Crippen LogP contribution in [0.5, 0.6) is 0 Å². The van der Waals surface area contributed by atoms with E-state index in [4.69, 9.17) is 0 Å². The van der Waals surface area contributed by atoms with Crippen LogP contribution in [0.4, 0.5) is 5.69 Å². The maximum atomic E-state index is 2.63. The molecule has 4 aromatic rings. The topological polar surface area (TPSA) is 14.7 Å². The van der Waals surface area contributed by atoms with Gasteiger partial charge in [-0.2, -0.15) is 0 Å². The monoisotopic (exact) mass is 452 g/mol. The van der Waals surface area contributed by atoms with Crippen LogP contribution in [0.15, 0.2) is 91.1 Å². The number of rotatable bonds is 9. The maximum absolute atomic E-state index is 2.63. The van der Waals surface area contributed by atoms with E-state index in [1.165, 1.54) is 40.7 Å². The minimum Gasteiger partial charge on any atom is -0.368 e. The van der Waals surface area contributed by atoms with Gasteiger partial charge in [-0.25, -0.2) is 0 Å². The highest BCUT2D eigenvalue weighted by Crippen LogP contribution is 2.29. The van der Waals surface area contributed by atoms with Crippen LogP contribution >= 0.6 is 0 Å². The molecule has 0 saturated carbocycles. The molecule has 1 saturated heterocycles. The zero-order valence-corrected chi connectivity index (χ0v) is 20.3. The molecule has 2 heterocycles. The van der Waals surface area contributed by atoms with E-state index >= 15 is 0 Å². The molecular weight excluding hydrogens is 416 g/mol. The van der Waals surface area contributed by atoms with Gasteiger partial charge in [0, 0.05) is 56.5 Å². The number of hydrogen-bond acceptors (Lipinski definition) is 3. The number of hydrogen-bond donors (Lipinski definition) is 0. The molecule has 0 atom stereocenters. The van der Waals surface area contributed by atoms with Crippen molar-refractivity contribution in [2.75, 3.05) is 51.2 Å². The van der Waals surface area contributed by atoms with Gasteiger partial charge in [-0.05, 0) is 55.9 Å². The van der Waals surface area contributed by atoms with Crippen LogP contribution < -0.4 is 4.90 Å². The lowest BCUT2D eigenvalue weighted by Crippen LogP contribution is -2.47. The standard InChI is InChI=1S/C30H36N4/c1-31(24-26-10-4-2-5-11-26)17-9-18-32-20-22-33(23-21-32)29-14-8-15-30-28(29)16-19-34(30)25-27-12-6-3-7-13-27/h2-8,10-16,19H,9,17-18,20-25H2,1H3. The number of benzene rings is 3. The Morgan fingerprint density at radius 1 is 0.735 bits per heavy atom. The molecule has 5 rings (SSSR count). The molecule has 1 aromatic heterocycles. The summed E-state index contributed by atoms with van der Waals surface area (Å²) in [5.74, 6) is 0. The molecule has 0 aliphatic carbocycles. The summed E-state index contributed by atoms with van der Waals surface area (Å²) in [6, 6.07) is 30.6. The second kappa shape index (κ2) is 10.9. The number of nitrogens with zero attached hydrogens (tertiary/aromatic N) is 4. The summed E-state index contributed by atoms with van der Waals surface area (Å²) in [6.07, 6.45) is 3.46. The van der Waals surface area contributed by atoms with Crippen molar-refractivity contribution in [3.63, 3.8) is 0 Å². The third kappa shape index (κ3) is 5.52. The van der Waals surface area contributed by atoms with Gasteiger partial charge in [0.2, 0.25) is 0 Å². The molecular formula is C30H36N4. The lowest BCUT2D eigenvalue weighted by Gasteiger charge is -2.36. The van der Waals surface area contributed by atoms with Gasteiger partial charge in [0.15, 0.2) is 0 Å². The molecule has 0 bridgehead atoms. The first-order valence-corrected chi connectivity index (χ1v) is 12.6. The van der Waals surface area contributed by atoms with E-state index < -0.39 is 0 Å². The molecule has 0 spiro atoms. The molecule has 1 aliphatic rings. The fraction of sp³-hybridized carbons (Fsp3) is 0.333. The van der Waals surface area contributed by atoms with Crippen LogP contribution in [0, 0.1) is 0 Å². The Balaban J connectivity index is 1.13. The van der Waals surface area contributed by atoms with E-state index in [-0.39, 0.29) is 0 Å². The summed E-state index contributed by atoms with van der Waals surface area (Å²) in [6.45, 7) is 8.76. The van der Waals surface area contributed by atoms with E-state index in [1.807, 2.05) is 0 Å². The van der Waals surface area contributed by atoms with Crippen LogP contribution in [-0.4, -0.2) is 60.7 Å². The normalized spacial score (nSPS) is 14.8.